The standard InChI is InChI=1S/C16H18ClN3O2/c1-19-10-13(11-2-4-12(17)5-3-11)14(15(19)16(18)21)20-6-8-22-9-7-20/h2-5,10H,6-9H2,1H3,(H2,18,21). The van der Waals surface area contributed by atoms with Crippen LogP contribution in [0.5, 0.6) is 0 Å². The molecular formula is C16H18ClN3O2. The molecule has 1 amide bonds. The monoisotopic (exact) mass is 319 g/mol. The van der Waals surface area contributed by atoms with Crippen molar-refractivity contribution in [3.63, 3.8) is 0 Å². The van der Waals surface area contributed by atoms with Crippen LogP contribution in [-0.4, -0.2) is 36.8 Å². The Morgan fingerprint density at radius 3 is 2.45 bits per heavy atom. The molecule has 1 aromatic carbocycles. The number of carbonyl (C=O) groups excluding carboxylic acids is 1. The highest BCUT2D eigenvalue weighted by molar-refractivity contribution is 6.30. The fourth-order valence-electron chi connectivity index (χ4n) is 2.85. The van der Waals surface area contributed by atoms with E-state index >= 15 is 0 Å². The summed E-state index contributed by atoms with van der Waals surface area (Å²) in [7, 11) is 1.84. The van der Waals surface area contributed by atoms with Gasteiger partial charge in [0.25, 0.3) is 5.91 Å². The number of hydrogen-bond donors (Lipinski definition) is 1. The number of aryl methyl sites for hydroxylation is 1. The SMILES string of the molecule is Cn1cc(-c2ccc(Cl)cc2)c(N2CCOCC2)c1C(N)=O. The van der Waals surface area contributed by atoms with Crippen molar-refractivity contribution < 1.29 is 9.53 Å². The third-order valence-corrected chi connectivity index (χ3v) is 4.12. The molecule has 0 unspecified atom stereocenters. The molecule has 116 valence electrons. The molecule has 1 fully saturated rings. The minimum Gasteiger partial charge on any atom is -0.378 e. The highest BCUT2D eigenvalue weighted by Crippen LogP contribution is 2.36. The van der Waals surface area contributed by atoms with Crippen LogP contribution in [0, 0.1) is 0 Å². The average Bonchev–Trinajstić information content (AvgIpc) is 2.86. The minimum atomic E-state index is -0.427. The van der Waals surface area contributed by atoms with Crippen LogP contribution in [0.1, 0.15) is 10.5 Å². The van der Waals surface area contributed by atoms with Gasteiger partial charge in [0.1, 0.15) is 5.69 Å². The Balaban J connectivity index is 2.14. The summed E-state index contributed by atoms with van der Waals surface area (Å²) < 4.78 is 7.20. The maximum atomic E-state index is 11.9. The van der Waals surface area contributed by atoms with Gasteiger partial charge in [-0.3, -0.25) is 4.79 Å². The molecule has 1 aliphatic heterocycles. The maximum Gasteiger partial charge on any atom is 0.267 e. The molecule has 0 atom stereocenters. The van der Waals surface area contributed by atoms with Crippen LogP contribution in [0.2, 0.25) is 5.02 Å². The van der Waals surface area contributed by atoms with Gasteiger partial charge < -0.3 is 19.9 Å². The summed E-state index contributed by atoms with van der Waals surface area (Å²) in [5.74, 6) is -0.427. The van der Waals surface area contributed by atoms with E-state index in [1.54, 1.807) is 4.57 Å². The van der Waals surface area contributed by atoms with E-state index in [0.717, 1.165) is 29.9 Å². The van der Waals surface area contributed by atoms with E-state index in [9.17, 15) is 4.79 Å². The lowest BCUT2D eigenvalue weighted by Crippen LogP contribution is -2.37. The van der Waals surface area contributed by atoms with Crippen molar-refractivity contribution >= 4 is 23.2 Å². The van der Waals surface area contributed by atoms with Crippen molar-refractivity contribution in [2.75, 3.05) is 31.2 Å². The predicted octanol–water partition coefficient (Wildman–Crippen LogP) is 2.28. The molecule has 2 aromatic rings. The number of hydrogen-bond acceptors (Lipinski definition) is 3. The van der Waals surface area contributed by atoms with Crippen LogP contribution >= 0.6 is 11.6 Å². The Morgan fingerprint density at radius 2 is 1.86 bits per heavy atom. The largest absolute Gasteiger partial charge is 0.378 e. The lowest BCUT2D eigenvalue weighted by Gasteiger charge is -2.30. The number of nitrogens with two attached hydrogens (primary N) is 1. The van der Waals surface area contributed by atoms with Crippen molar-refractivity contribution in [2.45, 2.75) is 0 Å². The van der Waals surface area contributed by atoms with Crippen LogP contribution in [0.25, 0.3) is 11.1 Å². The number of primary amides is 1. The molecule has 2 N–H and O–H groups in total. The molecule has 1 saturated heterocycles. The fraction of sp³-hybridized carbons (Fsp3) is 0.312. The van der Waals surface area contributed by atoms with Gasteiger partial charge >= 0.3 is 0 Å². The first-order valence-corrected chi connectivity index (χ1v) is 7.53. The third kappa shape index (κ3) is 2.69. The number of halogens is 1. The number of anilines is 1. The molecule has 0 spiro atoms. The minimum absolute atomic E-state index is 0.427. The third-order valence-electron chi connectivity index (χ3n) is 3.87. The van der Waals surface area contributed by atoms with E-state index in [1.807, 2.05) is 37.5 Å². The van der Waals surface area contributed by atoms with Crippen LogP contribution in [0.15, 0.2) is 30.5 Å². The van der Waals surface area contributed by atoms with Gasteiger partial charge in [-0.1, -0.05) is 23.7 Å². The first-order valence-electron chi connectivity index (χ1n) is 7.15. The average molecular weight is 320 g/mol. The second-order valence-electron chi connectivity index (χ2n) is 5.32. The maximum absolute atomic E-state index is 11.9. The molecule has 2 heterocycles. The summed E-state index contributed by atoms with van der Waals surface area (Å²) in [5.41, 5.74) is 8.98. The Labute approximate surface area is 134 Å². The van der Waals surface area contributed by atoms with E-state index in [4.69, 9.17) is 22.1 Å². The van der Waals surface area contributed by atoms with Gasteiger partial charge in [0.2, 0.25) is 0 Å². The summed E-state index contributed by atoms with van der Waals surface area (Å²) in [5, 5.41) is 0.683. The van der Waals surface area contributed by atoms with E-state index in [-0.39, 0.29) is 0 Å². The Morgan fingerprint density at radius 1 is 1.23 bits per heavy atom. The molecule has 0 saturated carbocycles. The van der Waals surface area contributed by atoms with E-state index < -0.39 is 5.91 Å². The van der Waals surface area contributed by atoms with Gasteiger partial charge in [0.05, 0.1) is 18.9 Å². The lowest BCUT2D eigenvalue weighted by molar-refractivity contribution is 0.0990. The van der Waals surface area contributed by atoms with E-state index in [1.165, 1.54) is 0 Å². The number of nitrogens with zero attached hydrogens (tertiary/aromatic N) is 2. The van der Waals surface area contributed by atoms with E-state index in [2.05, 4.69) is 4.90 Å². The first kappa shape index (κ1) is 14.9. The zero-order chi connectivity index (χ0) is 15.7. The number of carbonyl (C=O) groups is 1. The molecule has 5 nitrogen and oxygen atoms in total. The number of amides is 1. The zero-order valence-electron chi connectivity index (χ0n) is 12.4. The summed E-state index contributed by atoms with van der Waals surface area (Å²) in [6.07, 6.45) is 1.94. The van der Waals surface area contributed by atoms with Crippen LogP contribution in [-0.2, 0) is 11.8 Å². The normalized spacial score (nSPS) is 15.1. The first-order chi connectivity index (χ1) is 10.6. The van der Waals surface area contributed by atoms with E-state index in [0.29, 0.717) is 23.9 Å². The molecule has 22 heavy (non-hydrogen) atoms. The molecule has 0 aliphatic carbocycles. The van der Waals surface area contributed by atoms with Crippen molar-refractivity contribution in [1.29, 1.82) is 0 Å². The molecular weight excluding hydrogens is 302 g/mol. The summed E-state index contributed by atoms with van der Waals surface area (Å²) in [6.45, 7) is 2.77. The van der Waals surface area contributed by atoms with Crippen molar-refractivity contribution in [3.05, 3.63) is 41.2 Å². The Hall–Kier alpha value is -1.98. The van der Waals surface area contributed by atoms with Gasteiger partial charge in [-0.2, -0.15) is 0 Å². The summed E-state index contributed by atoms with van der Waals surface area (Å²) >= 11 is 5.97. The zero-order valence-corrected chi connectivity index (χ0v) is 13.1. The Bertz CT molecular complexity index is 688. The molecule has 6 heteroatoms. The lowest BCUT2D eigenvalue weighted by atomic mass is 10.1. The van der Waals surface area contributed by atoms with Gasteiger partial charge in [0.15, 0.2) is 0 Å². The van der Waals surface area contributed by atoms with Crippen LogP contribution in [0.4, 0.5) is 5.69 Å². The molecule has 0 radical (unpaired) electrons. The van der Waals surface area contributed by atoms with Crippen LogP contribution in [0.3, 0.4) is 0 Å². The molecule has 3 rings (SSSR count). The van der Waals surface area contributed by atoms with Crippen molar-refractivity contribution in [1.82, 2.24) is 4.57 Å². The molecule has 1 aliphatic rings. The Kier molecular flexibility index (Phi) is 4.09. The molecule has 0 bridgehead atoms. The fourth-order valence-corrected chi connectivity index (χ4v) is 2.98. The van der Waals surface area contributed by atoms with Crippen LogP contribution < -0.4 is 10.6 Å². The summed E-state index contributed by atoms with van der Waals surface area (Å²) in [6, 6.07) is 7.59. The second kappa shape index (κ2) is 6.02. The van der Waals surface area contributed by atoms with Gasteiger partial charge in [-0.15, -0.1) is 0 Å². The second-order valence-corrected chi connectivity index (χ2v) is 5.76. The molecule has 1 aromatic heterocycles. The van der Waals surface area contributed by atoms with Crippen molar-refractivity contribution in [3.8, 4) is 11.1 Å². The van der Waals surface area contributed by atoms with Crippen molar-refractivity contribution in [2.24, 2.45) is 12.8 Å². The van der Waals surface area contributed by atoms with Gasteiger partial charge in [-0.05, 0) is 17.7 Å². The topological polar surface area (TPSA) is 60.5 Å². The summed E-state index contributed by atoms with van der Waals surface area (Å²) in [4.78, 5) is 14.1. The highest BCUT2D eigenvalue weighted by atomic mass is 35.5. The number of rotatable bonds is 3. The number of morpholine rings is 1. The van der Waals surface area contributed by atoms with Gasteiger partial charge in [0, 0.05) is 36.9 Å². The highest BCUT2D eigenvalue weighted by Gasteiger charge is 2.25. The number of aromatic nitrogens is 1. The number of benzene rings is 1. The predicted molar refractivity (Wildman–Crippen MR) is 87.4 cm³/mol. The smallest absolute Gasteiger partial charge is 0.267 e. The van der Waals surface area contributed by atoms with Gasteiger partial charge in [-0.25, -0.2) is 0 Å². The quantitative estimate of drug-likeness (QED) is 0.944. The number of ether oxygens (including phenoxy) is 1.